The van der Waals surface area contributed by atoms with Gasteiger partial charge in [-0.05, 0) is 50.6 Å². The molecule has 1 atom stereocenters. The third-order valence-electron chi connectivity index (χ3n) is 5.33. The van der Waals surface area contributed by atoms with Crippen molar-refractivity contribution in [2.45, 2.75) is 51.9 Å². The molecule has 0 aromatic carbocycles. The normalized spacial score (nSPS) is 18.1. The van der Waals surface area contributed by atoms with Gasteiger partial charge in [-0.2, -0.15) is 9.78 Å². The zero-order valence-electron chi connectivity index (χ0n) is 18.2. The summed E-state index contributed by atoms with van der Waals surface area (Å²) in [5.41, 5.74) is 2.67. The number of hydrogen-bond acceptors (Lipinski definition) is 7. The molecule has 0 unspecified atom stereocenters. The smallest absolute Gasteiger partial charge is 0.255 e. The number of amides is 1. The monoisotopic (exact) mass is 441 g/mol. The molecule has 164 valence electrons. The van der Waals surface area contributed by atoms with E-state index in [-0.39, 0.29) is 24.2 Å². The maximum Gasteiger partial charge on any atom is 0.255 e. The second kappa shape index (κ2) is 8.86. The molecule has 8 nitrogen and oxygen atoms in total. The Morgan fingerprint density at radius 2 is 2.26 bits per heavy atom. The molecule has 1 fully saturated rings. The molecule has 9 heteroatoms. The summed E-state index contributed by atoms with van der Waals surface area (Å²) in [5, 5.41) is 9.57. The van der Waals surface area contributed by atoms with Gasteiger partial charge in [-0.1, -0.05) is 6.07 Å². The Bertz CT molecular complexity index is 1060. The van der Waals surface area contributed by atoms with Crippen LogP contribution in [0.2, 0.25) is 0 Å². The van der Waals surface area contributed by atoms with Gasteiger partial charge in [-0.15, -0.1) is 11.3 Å². The molecule has 3 aromatic rings. The van der Waals surface area contributed by atoms with E-state index in [9.17, 15) is 4.79 Å². The van der Waals surface area contributed by atoms with E-state index in [4.69, 9.17) is 14.5 Å². The molecular formula is C22H27N5O3S. The number of ether oxygens (including phenoxy) is 2. The summed E-state index contributed by atoms with van der Waals surface area (Å²) in [6.07, 6.45) is 4.88. The lowest BCUT2D eigenvalue weighted by Gasteiger charge is -2.35. The molecule has 0 aliphatic carbocycles. The van der Waals surface area contributed by atoms with Gasteiger partial charge in [-0.25, -0.2) is 9.97 Å². The van der Waals surface area contributed by atoms with Crippen molar-refractivity contribution in [3.8, 4) is 16.5 Å². The first kappa shape index (κ1) is 21.6. The predicted octanol–water partition coefficient (Wildman–Crippen LogP) is 3.53. The van der Waals surface area contributed by atoms with E-state index < -0.39 is 0 Å². The summed E-state index contributed by atoms with van der Waals surface area (Å²) >= 11 is 1.62. The van der Waals surface area contributed by atoms with Gasteiger partial charge in [0.2, 0.25) is 0 Å². The summed E-state index contributed by atoms with van der Waals surface area (Å²) in [4.78, 5) is 23.3. The summed E-state index contributed by atoms with van der Waals surface area (Å²) in [6.45, 7) is 6.91. The number of carbonyl (C=O) groups excluding carboxylic acids is 1. The molecule has 1 amide bonds. The van der Waals surface area contributed by atoms with Crippen molar-refractivity contribution in [3.63, 3.8) is 0 Å². The van der Waals surface area contributed by atoms with Crippen molar-refractivity contribution in [3.05, 3.63) is 46.7 Å². The lowest BCUT2D eigenvalue weighted by Crippen LogP contribution is -2.45. The number of rotatable bonds is 6. The lowest BCUT2D eigenvalue weighted by atomic mass is 9.94. The summed E-state index contributed by atoms with van der Waals surface area (Å²) in [7, 11) is 1.59. The highest BCUT2D eigenvalue weighted by atomic mass is 32.1. The zero-order chi connectivity index (χ0) is 22.0. The van der Waals surface area contributed by atoms with Crippen LogP contribution in [0.3, 0.4) is 0 Å². The van der Waals surface area contributed by atoms with Crippen molar-refractivity contribution < 1.29 is 14.3 Å². The van der Waals surface area contributed by atoms with Gasteiger partial charge in [0.1, 0.15) is 0 Å². The number of nitrogens with one attached hydrogen (secondary N) is 1. The highest BCUT2D eigenvalue weighted by molar-refractivity contribution is 7.13. The van der Waals surface area contributed by atoms with E-state index in [1.165, 1.54) is 0 Å². The molecule has 31 heavy (non-hydrogen) atoms. The second-order valence-electron chi connectivity index (χ2n) is 8.30. The molecular weight excluding hydrogens is 414 g/mol. The number of hydrogen-bond donors (Lipinski definition) is 1. The number of nitrogens with zero attached hydrogens (tertiary/aromatic N) is 4. The minimum Gasteiger partial charge on any atom is -0.378 e. The van der Waals surface area contributed by atoms with Crippen LogP contribution in [-0.2, 0) is 16.1 Å². The molecule has 0 spiro atoms. The van der Waals surface area contributed by atoms with Gasteiger partial charge in [0.05, 0.1) is 40.2 Å². The van der Waals surface area contributed by atoms with Crippen molar-refractivity contribution in [1.82, 2.24) is 25.1 Å². The van der Waals surface area contributed by atoms with E-state index in [2.05, 4.69) is 15.4 Å². The van der Waals surface area contributed by atoms with Gasteiger partial charge < -0.3 is 14.8 Å². The minimum atomic E-state index is -0.246. The van der Waals surface area contributed by atoms with Crippen LogP contribution >= 0.6 is 11.3 Å². The standard InChI is InChI=1S/C22H27N5O3S/c1-14-11-23-21(26-19(14)18-6-5-9-31-18)27-17(13-29-4)16(12-24-27)20(28)25-15-7-8-30-22(2,3)10-15/h5-6,9,11-12,15H,7-8,10,13H2,1-4H3,(H,25,28)/t15-/m1/s1. The zero-order valence-corrected chi connectivity index (χ0v) is 19.0. The quantitative estimate of drug-likeness (QED) is 0.629. The second-order valence-corrected chi connectivity index (χ2v) is 9.25. The van der Waals surface area contributed by atoms with E-state index in [1.807, 2.05) is 38.3 Å². The third-order valence-corrected chi connectivity index (χ3v) is 6.21. The maximum absolute atomic E-state index is 13.1. The molecule has 1 aliphatic heterocycles. The number of methoxy groups -OCH3 is 1. The minimum absolute atomic E-state index is 0.0519. The van der Waals surface area contributed by atoms with E-state index in [0.29, 0.717) is 23.8 Å². The molecule has 1 N–H and O–H groups in total. The Hall–Kier alpha value is -2.62. The third kappa shape index (κ3) is 4.68. The van der Waals surface area contributed by atoms with Gasteiger partial charge >= 0.3 is 0 Å². The highest BCUT2D eigenvalue weighted by Crippen LogP contribution is 2.27. The number of carbonyl (C=O) groups is 1. The van der Waals surface area contributed by atoms with Crippen LogP contribution in [-0.4, -0.2) is 51.0 Å². The fourth-order valence-electron chi connectivity index (χ4n) is 3.83. The summed E-state index contributed by atoms with van der Waals surface area (Å²) in [6, 6.07) is 4.07. The topological polar surface area (TPSA) is 91.2 Å². The Balaban J connectivity index is 1.64. The fourth-order valence-corrected chi connectivity index (χ4v) is 4.61. The van der Waals surface area contributed by atoms with Crippen molar-refractivity contribution in [2.75, 3.05) is 13.7 Å². The highest BCUT2D eigenvalue weighted by Gasteiger charge is 2.31. The predicted molar refractivity (Wildman–Crippen MR) is 118 cm³/mol. The molecule has 0 radical (unpaired) electrons. The van der Waals surface area contributed by atoms with E-state index >= 15 is 0 Å². The Morgan fingerprint density at radius 3 is 2.97 bits per heavy atom. The van der Waals surface area contributed by atoms with E-state index in [1.54, 1.807) is 35.5 Å². The Morgan fingerprint density at radius 1 is 1.42 bits per heavy atom. The summed E-state index contributed by atoms with van der Waals surface area (Å²) in [5.74, 6) is 0.235. The average Bonchev–Trinajstić information content (AvgIpc) is 3.38. The van der Waals surface area contributed by atoms with Gasteiger partial charge in [0.15, 0.2) is 0 Å². The van der Waals surface area contributed by atoms with Crippen LogP contribution in [0.4, 0.5) is 0 Å². The van der Waals surface area contributed by atoms with Crippen LogP contribution in [0.5, 0.6) is 0 Å². The first-order chi connectivity index (χ1) is 14.9. The van der Waals surface area contributed by atoms with E-state index in [0.717, 1.165) is 29.0 Å². The largest absolute Gasteiger partial charge is 0.378 e. The molecule has 1 saturated heterocycles. The number of aromatic nitrogens is 4. The first-order valence-electron chi connectivity index (χ1n) is 10.3. The van der Waals surface area contributed by atoms with Crippen molar-refractivity contribution in [2.24, 2.45) is 0 Å². The maximum atomic E-state index is 13.1. The Kier molecular flexibility index (Phi) is 6.17. The molecule has 3 aromatic heterocycles. The number of aryl methyl sites for hydroxylation is 1. The van der Waals surface area contributed by atoms with Crippen LogP contribution in [0.15, 0.2) is 29.9 Å². The molecule has 0 bridgehead atoms. The molecule has 4 rings (SSSR count). The first-order valence-corrected chi connectivity index (χ1v) is 11.1. The lowest BCUT2D eigenvalue weighted by molar-refractivity contribution is -0.0615. The summed E-state index contributed by atoms with van der Waals surface area (Å²) < 4.78 is 12.7. The number of thiophene rings is 1. The molecule has 1 aliphatic rings. The van der Waals surface area contributed by atoms with Gasteiger partial charge in [0, 0.05) is 26.0 Å². The Labute approximate surface area is 185 Å². The molecule has 0 saturated carbocycles. The average molecular weight is 442 g/mol. The van der Waals surface area contributed by atoms with Crippen LogP contribution < -0.4 is 5.32 Å². The van der Waals surface area contributed by atoms with Crippen molar-refractivity contribution >= 4 is 17.2 Å². The van der Waals surface area contributed by atoms with Crippen LogP contribution in [0, 0.1) is 6.92 Å². The molecule has 4 heterocycles. The van der Waals surface area contributed by atoms with Crippen LogP contribution in [0.25, 0.3) is 16.5 Å². The van der Waals surface area contributed by atoms with Gasteiger partial charge in [0.25, 0.3) is 11.9 Å². The van der Waals surface area contributed by atoms with Crippen molar-refractivity contribution in [1.29, 1.82) is 0 Å². The van der Waals surface area contributed by atoms with Crippen LogP contribution in [0.1, 0.15) is 48.3 Å². The van der Waals surface area contributed by atoms with Gasteiger partial charge in [-0.3, -0.25) is 4.79 Å². The fraction of sp³-hybridized carbons (Fsp3) is 0.455. The SMILES string of the molecule is COCc1c(C(=O)N[C@@H]2CCOC(C)(C)C2)cnn1-c1ncc(C)c(-c2cccs2)n1.